The van der Waals surface area contributed by atoms with Crippen LogP contribution in [-0.4, -0.2) is 43.4 Å². The Morgan fingerprint density at radius 2 is 2.07 bits per heavy atom. The van der Waals surface area contributed by atoms with Gasteiger partial charge >= 0.3 is 0 Å². The van der Waals surface area contributed by atoms with E-state index in [1.807, 2.05) is 36.1 Å². The quantitative estimate of drug-likeness (QED) is 0.708. The molecule has 0 saturated carbocycles. The second kappa shape index (κ2) is 6.71. The summed E-state index contributed by atoms with van der Waals surface area (Å²) < 4.78 is 35.6. The third kappa shape index (κ3) is 3.34. The molecule has 6 nitrogen and oxygen atoms in total. The lowest BCUT2D eigenvalue weighted by molar-refractivity contribution is 0.0634. The molecule has 3 heterocycles. The monoisotopic (exact) mass is 411 g/mol. The maximum Gasteiger partial charge on any atom is 0.231 e. The molecule has 0 N–H and O–H groups in total. The highest BCUT2D eigenvalue weighted by molar-refractivity contribution is 7.91. The minimum absolute atomic E-state index is 0.0663. The lowest BCUT2D eigenvalue weighted by Crippen LogP contribution is -2.41. The minimum atomic E-state index is -2.98. The van der Waals surface area contributed by atoms with Crippen molar-refractivity contribution >= 4 is 21.7 Å². The highest BCUT2D eigenvalue weighted by atomic mass is 32.2. The highest BCUT2D eigenvalue weighted by Gasteiger charge is 2.38. The molecule has 5 rings (SSSR count). The molecule has 1 fully saturated rings. The molecular weight excluding hydrogens is 390 g/mol. The molecule has 0 aromatic heterocycles. The van der Waals surface area contributed by atoms with E-state index < -0.39 is 9.84 Å². The summed E-state index contributed by atoms with van der Waals surface area (Å²) >= 11 is 0. The molecule has 0 amide bonds. The zero-order chi connectivity index (χ0) is 20.2. The normalized spacial score (nSPS) is 24.1. The van der Waals surface area contributed by atoms with Crippen LogP contribution in [0.4, 0.5) is 0 Å². The number of hydrogen-bond donors (Lipinski definition) is 0. The topological polar surface area (TPSA) is 72.9 Å². The Labute approximate surface area is 169 Å². The molecule has 2 aromatic rings. The number of carbonyl (C=O) groups excluding carboxylic acids is 1. The van der Waals surface area contributed by atoms with Gasteiger partial charge in [-0.3, -0.25) is 9.69 Å². The van der Waals surface area contributed by atoms with E-state index in [0.29, 0.717) is 42.5 Å². The Morgan fingerprint density at radius 1 is 1.21 bits per heavy atom. The van der Waals surface area contributed by atoms with Crippen LogP contribution in [0.1, 0.15) is 33.5 Å². The van der Waals surface area contributed by atoms with Crippen molar-refractivity contribution in [3.8, 4) is 11.5 Å². The molecule has 0 aliphatic carbocycles. The Balaban J connectivity index is 1.46. The van der Waals surface area contributed by atoms with E-state index in [9.17, 15) is 13.2 Å². The van der Waals surface area contributed by atoms with Gasteiger partial charge in [0, 0.05) is 12.6 Å². The first kappa shape index (κ1) is 18.4. The molecule has 0 spiro atoms. The molecule has 29 heavy (non-hydrogen) atoms. The van der Waals surface area contributed by atoms with Crippen molar-refractivity contribution in [2.75, 3.05) is 18.2 Å². The standard InChI is InChI=1S/C22H21NO5S/c1-14-3-2-4-15(9-14)10-20-21(24)17-5-6-19-18(22(17)28-20)11-23(13-27-19)16-7-8-29(25,26)12-16/h2-6,9-10,16H,7-8,11-13H2,1H3/b20-10-. The van der Waals surface area contributed by atoms with Crippen LogP contribution < -0.4 is 9.47 Å². The van der Waals surface area contributed by atoms with Crippen molar-refractivity contribution < 1.29 is 22.7 Å². The summed E-state index contributed by atoms with van der Waals surface area (Å²) in [6.45, 7) is 2.84. The predicted octanol–water partition coefficient (Wildman–Crippen LogP) is 2.95. The average Bonchev–Trinajstić information content (AvgIpc) is 3.21. The number of benzene rings is 2. The summed E-state index contributed by atoms with van der Waals surface area (Å²) in [6, 6.07) is 11.3. The number of sulfone groups is 1. The summed E-state index contributed by atoms with van der Waals surface area (Å²) in [6.07, 6.45) is 2.36. The molecule has 150 valence electrons. The maximum atomic E-state index is 12.9. The summed E-state index contributed by atoms with van der Waals surface area (Å²) in [5, 5.41) is 0. The fraction of sp³-hybridized carbons (Fsp3) is 0.318. The van der Waals surface area contributed by atoms with Gasteiger partial charge in [0.15, 0.2) is 15.6 Å². The van der Waals surface area contributed by atoms with Crippen molar-refractivity contribution in [3.05, 3.63) is 64.4 Å². The number of fused-ring (bicyclic) bond motifs is 3. The van der Waals surface area contributed by atoms with Crippen LogP contribution in [0.2, 0.25) is 0 Å². The van der Waals surface area contributed by atoms with E-state index in [1.54, 1.807) is 18.2 Å². The highest BCUT2D eigenvalue weighted by Crippen LogP contribution is 2.42. The van der Waals surface area contributed by atoms with E-state index in [1.165, 1.54) is 0 Å². The van der Waals surface area contributed by atoms with Gasteiger partial charge in [-0.15, -0.1) is 0 Å². The number of carbonyl (C=O) groups is 1. The van der Waals surface area contributed by atoms with Gasteiger partial charge < -0.3 is 9.47 Å². The molecule has 1 atom stereocenters. The predicted molar refractivity (Wildman–Crippen MR) is 109 cm³/mol. The minimum Gasteiger partial charge on any atom is -0.478 e. The van der Waals surface area contributed by atoms with Crippen molar-refractivity contribution in [1.29, 1.82) is 0 Å². The molecule has 2 aromatic carbocycles. The number of Topliss-reactive ketones (excluding diaryl/α,β-unsaturated/α-hetero) is 1. The Kier molecular flexibility index (Phi) is 4.26. The second-order valence-electron chi connectivity index (χ2n) is 7.85. The van der Waals surface area contributed by atoms with Crippen molar-refractivity contribution in [2.45, 2.75) is 25.9 Å². The van der Waals surface area contributed by atoms with E-state index in [0.717, 1.165) is 16.7 Å². The smallest absolute Gasteiger partial charge is 0.231 e. The Morgan fingerprint density at radius 3 is 2.83 bits per heavy atom. The van der Waals surface area contributed by atoms with Gasteiger partial charge in [0.05, 0.1) is 22.6 Å². The first-order valence-corrected chi connectivity index (χ1v) is 11.5. The zero-order valence-electron chi connectivity index (χ0n) is 16.1. The number of ketones is 1. The molecule has 0 radical (unpaired) electrons. The summed E-state index contributed by atoms with van der Waals surface area (Å²) in [5.74, 6) is 1.72. The van der Waals surface area contributed by atoms with Crippen LogP contribution in [0.15, 0.2) is 42.2 Å². The van der Waals surface area contributed by atoms with Gasteiger partial charge in [-0.25, -0.2) is 8.42 Å². The van der Waals surface area contributed by atoms with Crippen molar-refractivity contribution in [1.82, 2.24) is 4.90 Å². The molecule has 0 bridgehead atoms. The van der Waals surface area contributed by atoms with Gasteiger partial charge in [0.1, 0.15) is 18.2 Å². The number of nitrogens with zero attached hydrogens (tertiary/aromatic N) is 1. The van der Waals surface area contributed by atoms with Crippen LogP contribution >= 0.6 is 0 Å². The number of aryl methyl sites for hydroxylation is 1. The van der Waals surface area contributed by atoms with Crippen LogP contribution in [0, 0.1) is 6.92 Å². The van der Waals surface area contributed by atoms with E-state index in [2.05, 4.69) is 0 Å². The van der Waals surface area contributed by atoms with Crippen LogP contribution in [0.5, 0.6) is 11.5 Å². The largest absolute Gasteiger partial charge is 0.478 e. The third-order valence-corrected chi connectivity index (χ3v) is 7.46. The van der Waals surface area contributed by atoms with Gasteiger partial charge in [0.2, 0.25) is 5.78 Å². The zero-order valence-corrected chi connectivity index (χ0v) is 16.9. The van der Waals surface area contributed by atoms with E-state index in [4.69, 9.17) is 9.47 Å². The first-order chi connectivity index (χ1) is 13.9. The Bertz CT molecular complexity index is 1150. The van der Waals surface area contributed by atoms with Crippen LogP contribution in [0.3, 0.4) is 0 Å². The van der Waals surface area contributed by atoms with Gasteiger partial charge in [-0.2, -0.15) is 0 Å². The maximum absolute atomic E-state index is 12.9. The molecule has 7 heteroatoms. The lowest BCUT2D eigenvalue weighted by atomic mass is 10.0. The lowest BCUT2D eigenvalue weighted by Gasteiger charge is -2.33. The summed E-state index contributed by atoms with van der Waals surface area (Å²) in [7, 11) is -2.98. The number of ether oxygens (including phenoxy) is 2. The third-order valence-electron chi connectivity index (χ3n) is 5.71. The van der Waals surface area contributed by atoms with Gasteiger partial charge in [0.25, 0.3) is 0 Å². The summed E-state index contributed by atoms with van der Waals surface area (Å²) in [4.78, 5) is 14.9. The van der Waals surface area contributed by atoms with Gasteiger partial charge in [-0.05, 0) is 37.1 Å². The molecule has 3 aliphatic rings. The fourth-order valence-electron chi connectivity index (χ4n) is 4.18. The van der Waals surface area contributed by atoms with E-state index in [-0.39, 0.29) is 23.3 Å². The number of hydrogen-bond acceptors (Lipinski definition) is 6. The number of rotatable bonds is 2. The van der Waals surface area contributed by atoms with Crippen molar-refractivity contribution in [3.63, 3.8) is 0 Å². The first-order valence-electron chi connectivity index (χ1n) is 9.64. The second-order valence-corrected chi connectivity index (χ2v) is 10.1. The molecule has 1 saturated heterocycles. The van der Waals surface area contributed by atoms with Crippen LogP contribution in [0.25, 0.3) is 6.08 Å². The Hall–Kier alpha value is -2.64. The van der Waals surface area contributed by atoms with Gasteiger partial charge in [-0.1, -0.05) is 29.8 Å². The SMILES string of the molecule is Cc1cccc(/C=C2\Oc3c(ccc4c3CN(C3CCS(=O)(=O)C3)CO4)C2=O)c1. The van der Waals surface area contributed by atoms with Crippen molar-refractivity contribution in [2.24, 2.45) is 0 Å². The molecular formula is C22H21NO5S. The van der Waals surface area contributed by atoms with Crippen LogP contribution in [-0.2, 0) is 16.4 Å². The average molecular weight is 411 g/mol. The molecule has 1 unspecified atom stereocenters. The summed E-state index contributed by atoms with van der Waals surface area (Å²) in [5.41, 5.74) is 3.34. The fourth-order valence-corrected chi connectivity index (χ4v) is 5.95. The van der Waals surface area contributed by atoms with E-state index >= 15 is 0 Å². The molecule has 3 aliphatic heterocycles. The number of allylic oxidation sites excluding steroid dienone is 1.